The van der Waals surface area contributed by atoms with Crippen LogP contribution in [0.3, 0.4) is 0 Å². The molecule has 3 aromatic rings. The number of benzene rings is 2. The number of aryl methyl sites for hydroxylation is 1. The summed E-state index contributed by atoms with van der Waals surface area (Å²) in [5, 5.41) is 4.22. The number of rotatable bonds is 6. The van der Waals surface area contributed by atoms with Crippen molar-refractivity contribution in [3.05, 3.63) is 77.0 Å². The minimum atomic E-state index is -3.75. The third-order valence-electron chi connectivity index (χ3n) is 5.84. The molecule has 1 N–H and O–H groups in total. The van der Waals surface area contributed by atoms with Gasteiger partial charge in [0, 0.05) is 49.0 Å². The smallest absolute Gasteiger partial charge is 0.262 e. The van der Waals surface area contributed by atoms with Gasteiger partial charge in [-0.05, 0) is 47.4 Å². The summed E-state index contributed by atoms with van der Waals surface area (Å²) in [4.78, 5) is 4.04. The molecule has 32 heavy (non-hydrogen) atoms. The van der Waals surface area contributed by atoms with E-state index in [-0.39, 0.29) is 41.8 Å². The van der Waals surface area contributed by atoms with Crippen molar-refractivity contribution in [3.63, 3.8) is 0 Å². The molecule has 0 aliphatic carbocycles. The van der Waals surface area contributed by atoms with Crippen molar-refractivity contribution in [1.29, 1.82) is 0 Å². The van der Waals surface area contributed by atoms with Crippen LogP contribution in [-0.4, -0.2) is 41.4 Å². The van der Waals surface area contributed by atoms with Crippen LogP contribution in [0.15, 0.2) is 60.0 Å². The Morgan fingerprint density at radius 3 is 2.50 bits per heavy atom. The van der Waals surface area contributed by atoms with Crippen molar-refractivity contribution in [2.24, 2.45) is 7.05 Å². The molecule has 2 unspecified atom stereocenters. The minimum Gasteiger partial charge on any atom is -0.380 e. The van der Waals surface area contributed by atoms with Gasteiger partial charge in [0.1, 0.15) is 5.82 Å². The molecule has 2 atom stereocenters. The van der Waals surface area contributed by atoms with Gasteiger partial charge in [0.2, 0.25) is 0 Å². The fourth-order valence-corrected chi connectivity index (χ4v) is 5.90. The van der Waals surface area contributed by atoms with Crippen LogP contribution < -0.4 is 5.32 Å². The average Bonchev–Trinajstić information content (AvgIpc) is 3.37. The van der Waals surface area contributed by atoms with Crippen molar-refractivity contribution in [3.8, 4) is 0 Å². The number of sulfonamides is 1. The van der Waals surface area contributed by atoms with E-state index in [1.807, 2.05) is 18.2 Å². The topological polar surface area (TPSA) is 67.2 Å². The highest BCUT2D eigenvalue weighted by Gasteiger charge is 2.41. The quantitative estimate of drug-likeness (QED) is 0.564. The number of anilines is 1. The Morgan fingerprint density at radius 1 is 1.16 bits per heavy atom. The van der Waals surface area contributed by atoms with Crippen molar-refractivity contribution in [2.45, 2.75) is 36.8 Å². The number of aromatic nitrogens is 2. The Labute approximate surface area is 193 Å². The molecule has 0 amide bonds. The summed E-state index contributed by atoms with van der Waals surface area (Å²) < 4.78 is 43.0. The Kier molecular flexibility index (Phi) is 6.29. The van der Waals surface area contributed by atoms with Crippen LogP contribution in [0.4, 0.5) is 10.1 Å². The summed E-state index contributed by atoms with van der Waals surface area (Å²) in [7, 11) is -2.02. The summed E-state index contributed by atoms with van der Waals surface area (Å²) in [5.74, 6) is -0.234. The van der Waals surface area contributed by atoms with Crippen LogP contribution in [0.5, 0.6) is 0 Å². The molecule has 0 saturated carbocycles. The maximum absolute atomic E-state index is 13.5. The largest absolute Gasteiger partial charge is 0.380 e. The third kappa shape index (κ3) is 4.53. The van der Waals surface area contributed by atoms with Crippen LogP contribution >= 0.6 is 11.6 Å². The van der Waals surface area contributed by atoms with Gasteiger partial charge in [0.05, 0.1) is 6.33 Å². The van der Waals surface area contributed by atoms with E-state index in [0.717, 1.165) is 16.8 Å². The Hall–Kier alpha value is -2.42. The van der Waals surface area contributed by atoms with E-state index >= 15 is 0 Å². The molecule has 1 fully saturated rings. The lowest BCUT2D eigenvalue weighted by Gasteiger charge is -2.22. The van der Waals surface area contributed by atoms with Gasteiger partial charge in [-0.25, -0.2) is 17.8 Å². The van der Waals surface area contributed by atoms with Gasteiger partial charge in [0.25, 0.3) is 10.0 Å². The predicted octanol–water partition coefficient (Wildman–Crippen LogP) is 4.60. The number of imidazole rings is 1. The van der Waals surface area contributed by atoms with Gasteiger partial charge in [-0.3, -0.25) is 0 Å². The zero-order valence-corrected chi connectivity index (χ0v) is 19.7. The lowest BCUT2D eigenvalue weighted by molar-refractivity contribution is 0.468. The van der Waals surface area contributed by atoms with Crippen molar-refractivity contribution in [2.75, 3.05) is 18.4 Å². The number of hydrogen-bond donors (Lipinski definition) is 1. The van der Waals surface area contributed by atoms with E-state index in [9.17, 15) is 12.8 Å². The molecule has 0 bridgehead atoms. The monoisotopic (exact) mass is 476 g/mol. The van der Waals surface area contributed by atoms with E-state index in [1.54, 1.807) is 23.7 Å². The summed E-state index contributed by atoms with van der Waals surface area (Å²) in [6.07, 6.45) is 2.97. The van der Waals surface area contributed by atoms with Crippen molar-refractivity contribution < 1.29 is 12.8 Å². The second-order valence-electron chi connectivity index (χ2n) is 8.50. The molecule has 2 aromatic carbocycles. The second kappa shape index (κ2) is 8.84. The van der Waals surface area contributed by atoms with Crippen molar-refractivity contribution >= 4 is 27.3 Å². The van der Waals surface area contributed by atoms with E-state index in [2.05, 4.69) is 24.1 Å². The zero-order valence-electron chi connectivity index (χ0n) is 18.2. The summed E-state index contributed by atoms with van der Waals surface area (Å²) in [5.41, 5.74) is 2.76. The maximum atomic E-state index is 13.5. The number of halogens is 2. The lowest BCUT2D eigenvalue weighted by atomic mass is 9.94. The summed E-state index contributed by atoms with van der Waals surface area (Å²) in [6, 6.07) is 11.8. The highest BCUT2D eigenvalue weighted by atomic mass is 35.5. The summed E-state index contributed by atoms with van der Waals surface area (Å²) in [6.45, 7) is 4.68. The minimum absolute atomic E-state index is 0.0205. The van der Waals surface area contributed by atoms with Crippen LogP contribution in [-0.2, 0) is 17.1 Å². The number of nitrogens with zero attached hydrogens (tertiary/aromatic N) is 3. The second-order valence-corrected chi connectivity index (χ2v) is 10.8. The molecule has 1 aromatic heterocycles. The van der Waals surface area contributed by atoms with Crippen LogP contribution in [0, 0.1) is 5.82 Å². The van der Waals surface area contributed by atoms with Crippen molar-refractivity contribution in [1.82, 2.24) is 13.9 Å². The lowest BCUT2D eigenvalue weighted by Crippen LogP contribution is -2.32. The molecule has 6 nitrogen and oxygen atoms in total. The molecular formula is C23H26ClFN4O2S. The van der Waals surface area contributed by atoms with Crippen LogP contribution in [0.1, 0.15) is 36.8 Å². The average molecular weight is 477 g/mol. The van der Waals surface area contributed by atoms with E-state index in [4.69, 9.17) is 11.6 Å². The predicted molar refractivity (Wildman–Crippen MR) is 124 cm³/mol. The molecule has 0 spiro atoms. The fourth-order valence-electron chi connectivity index (χ4n) is 4.10. The Morgan fingerprint density at radius 2 is 1.88 bits per heavy atom. The molecule has 9 heteroatoms. The first kappa shape index (κ1) is 22.8. The molecule has 1 saturated heterocycles. The molecule has 1 aliphatic heterocycles. The molecule has 0 radical (unpaired) electrons. The normalized spacial score (nSPS) is 19.6. The SMILES string of the molecule is CC(C)c1cc(NC2CN(S(=O)(=O)c3cn(C)cn3)CC2c2ccc(F)cc2)ccc1Cl. The first-order valence-corrected chi connectivity index (χ1v) is 12.3. The third-order valence-corrected chi connectivity index (χ3v) is 7.90. The van der Waals surface area contributed by atoms with E-state index in [0.29, 0.717) is 5.02 Å². The fraction of sp³-hybridized carbons (Fsp3) is 0.348. The van der Waals surface area contributed by atoms with Gasteiger partial charge in [0.15, 0.2) is 5.03 Å². The Balaban J connectivity index is 1.66. The Bertz CT molecular complexity index is 1210. The molecule has 170 valence electrons. The standard InChI is InChI=1S/C23H26ClFN4O2S/c1-15(2)19-10-18(8-9-21(19)24)27-22-12-29(32(30,31)23-13-28(3)14-26-23)11-20(22)16-4-6-17(25)7-5-16/h4-10,13-15,20,22,27H,11-12H2,1-3H3. The van der Waals surface area contributed by atoms with Crippen LogP contribution in [0.25, 0.3) is 0 Å². The zero-order chi connectivity index (χ0) is 23.0. The first-order chi connectivity index (χ1) is 15.1. The highest BCUT2D eigenvalue weighted by molar-refractivity contribution is 7.89. The van der Waals surface area contributed by atoms with Gasteiger partial charge in [-0.2, -0.15) is 4.31 Å². The van der Waals surface area contributed by atoms with E-state index in [1.165, 1.54) is 29.0 Å². The molecular weight excluding hydrogens is 451 g/mol. The molecule has 2 heterocycles. The highest BCUT2D eigenvalue weighted by Crippen LogP contribution is 2.34. The molecule has 4 rings (SSSR count). The van der Waals surface area contributed by atoms with Gasteiger partial charge in [-0.15, -0.1) is 0 Å². The van der Waals surface area contributed by atoms with Gasteiger partial charge < -0.3 is 9.88 Å². The van der Waals surface area contributed by atoms with Gasteiger partial charge >= 0.3 is 0 Å². The van der Waals surface area contributed by atoms with Crippen LogP contribution in [0.2, 0.25) is 5.02 Å². The maximum Gasteiger partial charge on any atom is 0.262 e. The summed E-state index contributed by atoms with van der Waals surface area (Å²) >= 11 is 6.34. The van der Waals surface area contributed by atoms with E-state index < -0.39 is 10.0 Å². The molecule has 1 aliphatic rings. The number of nitrogens with one attached hydrogen (secondary N) is 1. The number of hydrogen-bond acceptors (Lipinski definition) is 4. The van der Waals surface area contributed by atoms with Gasteiger partial charge in [-0.1, -0.05) is 37.6 Å². The first-order valence-electron chi connectivity index (χ1n) is 10.4.